The van der Waals surface area contributed by atoms with Crippen molar-refractivity contribution in [3.63, 3.8) is 0 Å². The zero-order valence-electron chi connectivity index (χ0n) is 14.8. The van der Waals surface area contributed by atoms with Gasteiger partial charge in [-0.3, -0.25) is 9.69 Å². The molecule has 1 fully saturated rings. The molecule has 0 spiro atoms. The van der Waals surface area contributed by atoms with Gasteiger partial charge >= 0.3 is 0 Å². The highest BCUT2D eigenvalue weighted by Crippen LogP contribution is 2.18. The number of benzene rings is 2. The lowest BCUT2D eigenvalue weighted by Gasteiger charge is -2.30. The van der Waals surface area contributed by atoms with Crippen LogP contribution in [0.1, 0.15) is 25.3 Å². The molecule has 1 amide bonds. The van der Waals surface area contributed by atoms with E-state index in [4.69, 9.17) is 4.74 Å². The maximum atomic E-state index is 12.2. The van der Waals surface area contributed by atoms with Gasteiger partial charge in [-0.15, -0.1) is 0 Å². The molecule has 3 rings (SSSR count). The minimum atomic E-state index is 0.0482. The number of hydrogen-bond donors (Lipinski definition) is 1. The van der Waals surface area contributed by atoms with E-state index >= 15 is 0 Å². The van der Waals surface area contributed by atoms with Crippen LogP contribution in [0.2, 0.25) is 0 Å². The second kappa shape index (κ2) is 8.67. The van der Waals surface area contributed by atoms with Crippen molar-refractivity contribution in [2.24, 2.45) is 5.92 Å². The van der Waals surface area contributed by atoms with E-state index in [0.717, 1.165) is 30.1 Å². The third-order valence-corrected chi connectivity index (χ3v) is 4.49. The molecular formula is C21H26N2O2. The van der Waals surface area contributed by atoms with E-state index in [1.807, 2.05) is 54.6 Å². The molecule has 0 unspecified atom stereocenters. The molecule has 1 aliphatic heterocycles. The lowest BCUT2D eigenvalue weighted by atomic mass is 10.0. The number of nitrogens with one attached hydrogen (secondary N) is 1. The summed E-state index contributed by atoms with van der Waals surface area (Å²) in [6.45, 7) is 5.29. The van der Waals surface area contributed by atoms with E-state index in [1.54, 1.807) is 0 Å². The van der Waals surface area contributed by atoms with Gasteiger partial charge in [0.05, 0.1) is 6.54 Å². The summed E-state index contributed by atoms with van der Waals surface area (Å²) in [5, 5.41) is 2.97. The number of likely N-dealkylation sites (tertiary alicyclic amines) is 1. The van der Waals surface area contributed by atoms with Gasteiger partial charge in [-0.05, 0) is 55.1 Å². The van der Waals surface area contributed by atoms with Crippen LogP contribution < -0.4 is 10.1 Å². The zero-order valence-corrected chi connectivity index (χ0v) is 14.8. The first-order valence-corrected chi connectivity index (χ1v) is 8.98. The van der Waals surface area contributed by atoms with E-state index in [1.165, 1.54) is 12.8 Å². The van der Waals surface area contributed by atoms with Gasteiger partial charge in [0, 0.05) is 12.2 Å². The molecule has 0 saturated carbocycles. The standard InChI is InChI=1S/C21H26N2O2/c1-17-6-5-13-23(14-17)15-21(24)22-19-9-11-20(12-10-19)25-16-18-7-3-2-4-8-18/h2-4,7-12,17H,5-6,13-16H2,1H3,(H,22,24)/t17-/m1/s1. The molecule has 25 heavy (non-hydrogen) atoms. The smallest absolute Gasteiger partial charge is 0.238 e. The van der Waals surface area contributed by atoms with Crippen molar-refractivity contribution in [2.45, 2.75) is 26.4 Å². The third-order valence-electron chi connectivity index (χ3n) is 4.49. The lowest BCUT2D eigenvalue weighted by Crippen LogP contribution is -2.39. The van der Waals surface area contributed by atoms with Gasteiger partial charge in [0.1, 0.15) is 12.4 Å². The summed E-state index contributed by atoms with van der Waals surface area (Å²) in [6.07, 6.45) is 2.45. The molecule has 0 radical (unpaired) electrons. The van der Waals surface area contributed by atoms with Gasteiger partial charge in [-0.25, -0.2) is 0 Å². The Balaban J connectivity index is 1.46. The molecule has 2 aromatic rings. The molecule has 1 aliphatic rings. The Morgan fingerprint density at radius 2 is 1.92 bits per heavy atom. The number of ether oxygens (including phenoxy) is 1. The highest BCUT2D eigenvalue weighted by molar-refractivity contribution is 5.92. The van der Waals surface area contributed by atoms with E-state index in [-0.39, 0.29) is 5.91 Å². The Kier molecular flexibility index (Phi) is 6.07. The van der Waals surface area contributed by atoms with Crippen molar-refractivity contribution in [1.29, 1.82) is 0 Å². The number of rotatable bonds is 6. The molecular weight excluding hydrogens is 312 g/mol. The summed E-state index contributed by atoms with van der Waals surface area (Å²) in [5.41, 5.74) is 1.94. The largest absolute Gasteiger partial charge is 0.489 e. The van der Waals surface area contributed by atoms with Crippen LogP contribution in [0.5, 0.6) is 5.75 Å². The maximum absolute atomic E-state index is 12.2. The fourth-order valence-corrected chi connectivity index (χ4v) is 3.21. The molecule has 0 aliphatic carbocycles. The predicted molar refractivity (Wildman–Crippen MR) is 101 cm³/mol. The zero-order chi connectivity index (χ0) is 17.5. The molecule has 1 N–H and O–H groups in total. The molecule has 132 valence electrons. The summed E-state index contributed by atoms with van der Waals surface area (Å²) in [5.74, 6) is 1.53. The van der Waals surface area contributed by atoms with E-state index in [9.17, 15) is 4.79 Å². The monoisotopic (exact) mass is 338 g/mol. The summed E-state index contributed by atoms with van der Waals surface area (Å²) >= 11 is 0. The first-order chi connectivity index (χ1) is 12.2. The minimum absolute atomic E-state index is 0.0482. The Morgan fingerprint density at radius 3 is 2.64 bits per heavy atom. The van der Waals surface area contributed by atoms with Crippen molar-refractivity contribution in [3.8, 4) is 5.75 Å². The van der Waals surface area contributed by atoms with Gasteiger partial charge in [-0.1, -0.05) is 37.3 Å². The molecule has 1 atom stereocenters. The maximum Gasteiger partial charge on any atom is 0.238 e. The summed E-state index contributed by atoms with van der Waals surface area (Å²) in [6, 6.07) is 17.6. The van der Waals surface area contributed by atoms with E-state index in [2.05, 4.69) is 17.1 Å². The Morgan fingerprint density at radius 1 is 1.16 bits per heavy atom. The second-order valence-corrected chi connectivity index (χ2v) is 6.83. The van der Waals surface area contributed by atoms with Crippen molar-refractivity contribution in [2.75, 3.05) is 25.0 Å². The number of hydrogen-bond acceptors (Lipinski definition) is 3. The van der Waals surface area contributed by atoms with Gasteiger partial charge in [0.2, 0.25) is 5.91 Å². The molecule has 1 heterocycles. The van der Waals surface area contributed by atoms with Crippen LogP contribution in [0.25, 0.3) is 0 Å². The molecule has 2 aromatic carbocycles. The average Bonchev–Trinajstić information content (AvgIpc) is 2.62. The van der Waals surface area contributed by atoms with Crippen molar-refractivity contribution in [1.82, 2.24) is 4.90 Å². The van der Waals surface area contributed by atoms with Crippen molar-refractivity contribution in [3.05, 3.63) is 60.2 Å². The molecule has 0 bridgehead atoms. The molecule has 0 aromatic heterocycles. The first-order valence-electron chi connectivity index (χ1n) is 8.98. The van der Waals surface area contributed by atoms with Crippen LogP contribution in [0, 0.1) is 5.92 Å². The third kappa shape index (κ3) is 5.61. The number of carbonyl (C=O) groups excluding carboxylic acids is 1. The molecule has 4 heteroatoms. The van der Waals surface area contributed by atoms with Crippen LogP contribution in [0.3, 0.4) is 0 Å². The highest BCUT2D eigenvalue weighted by Gasteiger charge is 2.18. The predicted octanol–water partition coefficient (Wildman–Crippen LogP) is 3.94. The molecule has 1 saturated heterocycles. The summed E-state index contributed by atoms with van der Waals surface area (Å²) in [7, 11) is 0. The minimum Gasteiger partial charge on any atom is -0.489 e. The number of piperidine rings is 1. The topological polar surface area (TPSA) is 41.6 Å². The second-order valence-electron chi connectivity index (χ2n) is 6.83. The first kappa shape index (κ1) is 17.5. The average molecular weight is 338 g/mol. The van der Waals surface area contributed by atoms with Crippen LogP contribution >= 0.6 is 0 Å². The number of anilines is 1. The number of nitrogens with zero attached hydrogens (tertiary/aromatic N) is 1. The highest BCUT2D eigenvalue weighted by atomic mass is 16.5. The number of amides is 1. The summed E-state index contributed by atoms with van der Waals surface area (Å²) < 4.78 is 5.76. The van der Waals surface area contributed by atoms with Gasteiger partial charge in [0.25, 0.3) is 0 Å². The molecule has 4 nitrogen and oxygen atoms in total. The van der Waals surface area contributed by atoms with Crippen LogP contribution in [-0.4, -0.2) is 30.4 Å². The fourth-order valence-electron chi connectivity index (χ4n) is 3.21. The Labute approximate surface area is 149 Å². The van der Waals surface area contributed by atoms with E-state index in [0.29, 0.717) is 19.1 Å². The van der Waals surface area contributed by atoms with Crippen molar-refractivity contribution >= 4 is 11.6 Å². The summed E-state index contributed by atoms with van der Waals surface area (Å²) in [4.78, 5) is 14.4. The van der Waals surface area contributed by atoms with Crippen LogP contribution in [-0.2, 0) is 11.4 Å². The van der Waals surface area contributed by atoms with Gasteiger partial charge in [-0.2, -0.15) is 0 Å². The van der Waals surface area contributed by atoms with Crippen LogP contribution in [0.15, 0.2) is 54.6 Å². The lowest BCUT2D eigenvalue weighted by molar-refractivity contribution is -0.117. The van der Waals surface area contributed by atoms with Gasteiger partial charge in [0.15, 0.2) is 0 Å². The van der Waals surface area contributed by atoms with Crippen molar-refractivity contribution < 1.29 is 9.53 Å². The fraction of sp³-hybridized carbons (Fsp3) is 0.381. The Bertz CT molecular complexity index is 670. The van der Waals surface area contributed by atoms with Gasteiger partial charge < -0.3 is 10.1 Å². The Hall–Kier alpha value is -2.33. The SMILES string of the molecule is C[C@@H]1CCCN(CC(=O)Nc2ccc(OCc3ccccc3)cc2)C1. The normalized spacial score (nSPS) is 17.9. The van der Waals surface area contributed by atoms with E-state index < -0.39 is 0 Å². The quantitative estimate of drug-likeness (QED) is 0.867. The van der Waals surface area contributed by atoms with Crippen LogP contribution in [0.4, 0.5) is 5.69 Å². The number of carbonyl (C=O) groups is 1.